The van der Waals surface area contributed by atoms with E-state index in [2.05, 4.69) is 51.0 Å². The van der Waals surface area contributed by atoms with Crippen molar-refractivity contribution in [2.45, 2.75) is 26.3 Å². The number of piperazine rings is 1. The number of hydrogen-bond donors (Lipinski definition) is 1. The molecule has 2 aliphatic rings. The molecule has 0 aliphatic carbocycles. The van der Waals surface area contributed by atoms with Crippen molar-refractivity contribution in [3.05, 3.63) is 65.7 Å². The number of amides is 1. The molecule has 2 fully saturated rings. The van der Waals surface area contributed by atoms with Gasteiger partial charge < -0.3 is 14.6 Å². The van der Waals surface area contributed by atoms with Crippen molar-refractivity contribution in [3.63, 3.8) is 0 Å². The number of carbonyl (C=O) groups excluding carboxylic acids is 1. The van der Waals surface area contributed by atoms with Crippen LogP contribution in [0.15, 0.2) is 48.8 Å². The molecule has 186 valence electrons. The van der Waals surface area contributed by atoms with E-state index in [-0.39, 0.29) is 5.91 Å². The Hall–Kier alpha value is -3.49. The van der Waals surface area contributed by atoms with Crippen LogP contribution < -0.4 is 5.32 Å². The lowest BCUT2D eigenvalue weighted by atomic mass is 9.97. The fourth-order valence-electron chi connectivity index (χ4n) is 5.80. The Labute approximate surface area is 211 Å². The van der Waals surface area contributed by atoms with E-state index in [4.69, 9.17) is 4.98 Å². The molecule has 8 nitrogen and oxygen atoms in total. The number of aryl methyl sites for hydroxylation is 3. The highest BCUT2D eigenvalue weighted by Gasteiger charge is 2.31. The molecule has 0 bridgehead atoms. The zero-order valence-electron chi connectivity index (χ0n) is 21.2. The lowest BCUT2D eigenvalue weighted by Gasteiger charge is -2.32. The first-order valence-corrected chi connectivity index (χ1v) is 12.8. The zero-order valence-corrected chi connectivity index (χ0v) is 21.2. The number of nitrogens with zero attached hydrogens (tertiary/aromatic N) is 6. The number of carbonyl (C=O) groups is 1. The average molecular weight is 484 g/mol. The fourth-order valence-corrected chi connectivity index (χ4v) is 5.80. The standard InChI is InChI=1S/C28H33N7O/c1-19-25(18-32(3)31-19)23-6-4-5-7-24(23)27-20(2)35-13-8-21(16-26(35)30-27)28(36)34-12-9-22(17-34)33-14-10-29-11-15-33/h4-8,13,16,18,22,29H,9-12,14-15,17H2,1-3H3/t22-/m0/s1. The Balaban J connectivity index is 1.30. The van der Waals surface area contributed by atoms with Crippen molar-refractivity contribution in [1.29, 1.82) is 0 Å². The van der Waals surface area contributed by atoms with Gasteiger partial charge in [-0.15, -0.1) is 0 Å². The third-order valence-electron chi connectivity index (χ3n) is 7.72. The monoisotopic (exact) mass is 483 g/mol. The molecule has 1 amide bonds. The second kappa shape index (κ2) is 9.19. The maximum atomic E-state index is 13.4. The molecule has 0 radical (unpaired) electrons. The van der Waals surface area contributed by atoms with Gasteiger partial charge in [0.1, 0.15) is 5.65 Å². The predicted molar refractivity (Wildman–Crippen MR) is 141 cm³/mol. The minimum atomic E-state index is 0.101. The Morgan fingerprint density at radius 3 is 2.56 bits per heavy atom. The fraction of sp³-hybridized carbons (Fsp3) is 0.393. The predicted octanol–water partition coefficient (Wildman–Crippen LogP) is 3.14. The van der Waals surface area contributed by atoms with Gasteiger partial charge in [-0.05, 0) is 38.0 Å². The van der Waals surface area contributed by atoms with Crippen LogP contribution in [0, 0.1) is 13.8 Å². The van der Waals surface area contributed by atoms with Crippen molar-refractivity contribution < 1.29 is 4.79 Å². The first kappa shape index (κ1) is 22.9. The van der Waals surface area contributed by atoms with Gasteiger partial charge in [0.2, 0.25) is 0 Å². The van der Waals surface area contributed by atoms with E-state index < -0.39 is 0 Å². The third-order valence-corrected chi connectivity index (χ3v) is 7.72. The molecule has 2 saturated heterocycles. The highest BCUT2D eigenvalue weighted by Crippen LogP contribution is 2.35. The van der Waals surface area contributed by atoms with E-state index in [1.165, 1.54) is 0 Å². The summed E-state index contributed by atoms with van der Waals surface area (Å²) in [6.07, 6.45) is 5.08. The number of benzene rings is 1. The van der Waals surface area contributed by atoms with E-state index in [1.54, 1.807) is 0 Å². The normalized spacial score (nSPS) is 18.9. The van der Waals surface area contributed by atoms with Crippen LogP contribution in [0.2, 0.25) is 0 Å². The first-order chi connectivity index (χ1) is 17.5. The van der Waals surface area contributed by atoms with E-state index in [0.717, 1.165) is 85.1 Å². The molecule has 0 unspecified atom stereocenters. The Bertz CT molecular complexity index is 1430. The van der Waals surface area contributed by atoms with Gasteiger partial charge in [0.25, 0.3) is 5.91 Å². The van der Waals surface area contributed by atoms with Crippen LogP contribution in [0.1, 0.15) is 28.2 Å². The second-order valence-corrected chi connectivity index (χ2v) is 10.0. The summed E-state index contributed by atoms with van der Waals surface area (Å²) in [6.45, 7) is 9.94. The lowest BCUT2D eigenvalue weighted by molar-refractivity contribution is 0.0773. The number of nitrogens with one attached hydrogen (secondary N) is 1. The summed E-state index contributed by atoms with van der Waals surface area (Å²) in [4.78, 5) is 23.0. The highest BCUT2D eigenvalue weighted by atomic mass is 16.2. The van der Waals surface area contributed by atoms with Gasteiger partial charge in [-0.1, -0.05) is 24.3 Å². The largest absolute Gasteiger partial charge is 0.337 e. The molecule has 8 heteroatoms. The summed E-state index contributed by atoms with van der Waals surface area (Å²) in [6, 6.07) is 12.7. The van der Waals surface area contributed by atoms with Gasteiger partial charge in [-0.25, -0.2) is 4.98 Å². The average Bonchev–Trinajstić information content (AvgIpc) is 3.61. The topological polar surface area (TPSA) is 70.7 Å². The van der Waals surface area contributed by atoms with Crippen molar-refractivity contribution >= 4 is 11.6 Å². The van der Waals surface area contributed by atoms with E-state index in [0.29, 0.717) is 11.6 Å². The summed E-state index contributed by atoms with van der Waals surface area (Å²) >= 11 is 0. The zero-order chi connectivity index (χ0) is 24.8. The number of fused-ring (bicyclic) bond motifs is 1. The van der Waals surface area contributed by atoms with Crippen molar-refractivity contribution in [2.75, 3.05) is 39.3 Å². The summed E-state index contributed by atoms with van der Waals surface area (Å²) in [5, 5.41) is 7.95. The maximum absolute atomic E-state index is 13.4. The van der Waals surface area contributed by atoms with E-state index in [9.17, 15) is 4.79 Å². The van der Waals surface area contributed by atoms with Crippen molar-refractivity contribution in [2.24, 2.45) is 7.05 Å². The van der Waals surface area contributed by atoms with Crippen LogP contribution in [0.25, 0.3) is 28.0 Å². The number of aromatic nitrogens is 4. The Kier molecular flexibility index (Phi) is 5.85. The minimum Gasteiger partial charge on any atom is -0.337 e. The maximum Gasteiger partial charge on any atom is 0.254 e. The quantitative estimate of drug-likeness (QED) is 0.483. The number of likely N-dealkylation sites (tertiary alicyclic amines) is 1. The lowest BCUT2D eigenvalue weighted by Crippen LogP contribution is -2.49. The summed E-state index contributed by atoms with van der Waals surface area (Å²) in [5.41, 5.74) is 7.76. The molecule has 5 heterocycles. The minimum absolute atomic E-state index is 0.101. The van der Waals surface area contributed by atoms with Crippen LogP contribution in [-0.4, -0.2) is 80.2 Å². The molecule has 4 aromatic rings. The molecule has 1 N–H and O–H groups in total. The number of hydrogen-bond acceptors (Lipinski definition) is 5. The van der Waals surface area contributed by atoms with Gasteiger partial charge >= 0.3 is 0 Å². The van der Waals surface area contributed by atoms with Crippen LogP contribution >= 0.6 is 0 Å². The van der Waals surface area contributed by atoms with Crippen molar-refractivity contribution in [1.82, 2.24) is 34.3 Å². The number of pyridine rings is 1. The molecule has 2 aliphatic heterocycles. The smallest absolute Gasteiger partial charge is 0.254 e. The van der Waals surface area contributed by atoms with E-state index in [1.807, 2.05) is 47.9 Å². The van der Waals surface area contributed by atoms with Crippen LogP contribution in [0.5, 0.6) is 0 Å². The summed E-state index contributed by atoms with van der Waals surface area (Å²) in [5.74, 6) is 0.101. The first-order valence-electron chi connectivity index (χ1n) is 12.8. The van der Waals surface area contributed by atoms with Crippen molar-refractivity contribution in [3.8, 4) is 22.4 Å². The van der Waals surface area contributed by atoms with Gasteiger partial charge in [-0.3, -0.25) is 14.4 Å². The van der Waals surface area contributed by atoms with Crippen LogP contribution in [0.4, 0.5) is 0 Å². The Morgan fingerprint density at radius 2 is 1.81 bits per heavy atom. The van der Waals surface area contributed by atoms with Crippen LogP contribution in [-0.2, 0) is 7.05 Å². The molecule has 1 aromatic carbocycles. The second-order valence-electron chi connectivity index (χ2n) is 10.0. The summed E-state index contributed by atoms with van der Waals surface area (Å²) < 4.78 is 3.92. The highest BCUT2D eigenvalue weighted by molar-refractivity contribution is 5.95. The molecular formula is C28H33N7O. The molecule has 3 aromatic heterocycles. The van der Waals surface area contributed by atoms with Gasteiger partial charge in [0, 0.05) is 87.1 Å². The van der Waals surface area contributed by atoms with Gasteiger partial charge in [-0.2, -0.15) is 5.10 Å². The number of imidazole rings is 1. The molecular weight excluding hydrogens is 450 g/mol. The van der Waals surface area contributed by atoms with Gasteiger partial charge in [0.15, 0.2) is 0 Å². The molecule has 6 rings (SSSR count). The SMILES string of the molecule is Cc1nn(C)cc1-c1ccccc1-c1nc2cc(C(=O)N3CC[C@H](N4CCNCC4)C3)ccn2c1C. The van der Waals surface area contributed by atoms with E-state index >= 15 is 0 Å². The Morgan fingerprint density at radius 1 is 1.03 bits per heavy atom. The van der Waals surface area contributed by atoms with Gasteiger partial charge in [0.05, 0.1) is 11.4 Å². The molecule has 0 spiro atoms. The molecule has 0 saturated carbocycles. The van der Waals surface area contributed by atoms with Crippen LogP contribution in [0.3, 0.4) is 0 Å². The summed E-state index contributed by atoms with van der Waals surface area (Å²) in [7, 11) is 1.94. The molecule has 36 heavy (non-hydrogen) atoms. The molecule has 1 atom stereocenters. The third kappa shape index (κ3) is 4.00. The number of rotatable bonds is 4.